The lowest BCUT2D eigenvalue weighted by Gasteiger charge is -2.11. The monoisotopic (exact) mass is 263 g/mol. The van der Waals surface area contributed by atoms with E-state index < -0.39 is 0 Å². The van der Waals surface area contributed by atoms with Crippen LogP contribution in [0.1, 0.15) is 31.6 Å². The molecular weight excluding hydrogens is 246 g/mol. The van der Waals surface area contributed by atoms with E-state index in [1.165, 1.54) is 0 Å². The summed E-state index contributed by atoms with van der Waals surface area (Å²) in [6.45, 7) is 6.17. The zero-order valence-electron chi connectivity index (χ0n) is 11.3. The largest absolute Gasteiger partial charge is 0.365 e. The first-order chi connectivity index (χ1) is 9.08. The second-order valence-electron chi connectivity index (χ2n) is 4.49. The van der Waals surface area contributed by atoms with Crippen LogP contribution in [0, 0.1) is 6.92 Å². The number of anilines is 1. The Kier molecular flexibility index (Phi) is 3.94. The Balaban J connectivity index is 2.00. The SMILES string of the molecule is Cc1nc(CCNc2nccn(C(C)C)c2=O)no1. The van der Waals surface area contributed by atoms with Gasteiger partial charge in [0.2, 0.25) is 5.89 Å². The molecule has 102 valence electrons. The van der Waals surface area contributed by atoms with E-state index in [2.05, 4.69) is 20.4 Å². The number of aromatic nitrogens is 4. The maximum Gasteiger partial charge on any atom is 0.293 e. The highest BCUT2D eigenvalue weighted by Crippen LogP contribution is 2.02. The highest BCUT2D eigenvalue weighted by atomic mass is 16.5. The Morgan fingerprint density at radius 2 is 2.26 bits per heavy atom. The lowest BCUT2D eigenvalue weighted by atomic mass is 10.3. The molecule has 2 rings (SSSR count). The smallest absolute Gasteiger partial charge is 0.293 e. The predicted octanol–water partition coefficient (Wildman–Crippen LogP) is 1.17. The molecule has 0 unspecified atom stereocenters. The zero-order valence-corrected chi connectivity index (χ0v) is 11.3. The molecule has 0 fully saturated rings. The molecule has 19 heavy (non-hydrogen) atoms. The average molecular weight is 263 g/mol. The first kappa shape index (κ1) is 13.3. The van der Waals surface area contributed by atoms with Crippen LogP contribution in [0.5, 0.6) is 0 Å². The van der Waals surface area contributed by atoms with Gasteiger partial charge in [0.25, 0.3) is 5.56 Å². The Morgan fingerprint density at radius 3 is 2.89 bits per heavy atom. The van der Waals surface area contributed by atoms with Gasteiger partial charge in [0.1, 0.15) is 0 Å². The molecule has 0 aliphatic heterocycles. The summed E-state index contributed by atoms with van der Waals surface area (Å²) in [5, 5.41) is 6.79. The van der Waals surface area contributed by atoms with Gasteiger partial charge in [-0.15, -0.1) is 0 Å². The molecule has 0 aliphatic rings. The maximum atomic E-state index is 12.0. The van der Waals surface area contributed by atoms with Crippen molar-refractivity contribution in [2.75, 3.05) is 11.9 Å². The lowest BCUT2D eigenvalue weighted by molar-refractivity contribution is 0.387. The van der Waals surface area contributed by atoms with Gasteiger partial charge in [0, 0.05) is 38.3 Å². The van der Waals surface area contributed by atoms with Gasteiger partial charge in [0.15, 0.2) is 11.6 Å². The van der Waals surface area contributed by atoms with Crippen LogP contribution in [0.3, 0.4) is 0 Å². The van der Waals surface area contributed by atoms with Gasteiger partial charge in [-0.1, -0.05) is 5.16 Å². The van der Waals surface area contributed by atoms with Gasteiger partial charge < -0.3 is 14.4 Å². The number of nitrogens with zero attached hydrogens (tertiary/aromatic N) is 4. The number of hydrogen-bond donors (Lipinski definition) is 1. The number of rotatable bonds is 5. The van der Waals surface area contributed by atoms with Crippen molar-refractivity contribution in [2.24, 2.45) is 0 Å². The standard InChI is InChI=1S/C12H17N5O2/c1-8(2)17-7-6-14-11(12(17)18)13-5-4-10-15-9(3)19-16-10/h6-8H,4-5H2,1-3H3,(H,13,14). The van der Waals surface area contributed by atoms with Gasteiger partial charge in [0.05, 0.1) is 0 Å². The van der Waals surface area contributed by atoms with Gasteiger partial charge in [-0.2, -0.15) is 4.98 Å². The van der Waals surface area contributed by atoms with E-state index >= 15 is 0 Å². The summed E-state index contributed by atoms with van der Waals surface area (Å²) in [6.07, 6.45) is 3.87. The normalized spacial score (nSPS) is 10.9. The zero-order chi connectivity index (χ0) is 13.8. The minimum atomic E-state index is -0.123. The van der Waals surface area contributed by atoms with Crippen LogP contribution in [-0.2, 0) is 6.42 Å². The van der Waals surface area contributed by atoms with Crippen LogP contribution in [0.15, 0.2) is 21.7 Å². The molecule has 0 spiro atoms. The highest BCUT2D eigenvalue weighted by molar-refractivity contribution is 5.30. The summed E-state index contributed by atoms with van der Waals surface area (Å²) >= 11 is 0. The van der Waals surface area contributed by atoms with Crippen LogP contribution in [0.2, 0.25) is 0 Å². The van der Waals surface area contributed by atoms with Crippen molar-refractivity contribution in [3.05, 3.63) is 34.5 Å². The summed E-state index contributed by atoms with van der Waals surface area (Å²) < 4.78 is 6.50. The molecule has 0 aromatic carbocycles. The fourth-order valence-corrected chi connectivity index (χ4v) is 1.69. The van der Waals surface area contributed by atoms with E-state index in [1.54, 1.807) is 23.9 Å². The molecule has 7 heteroatoms. The minimum absolute atomic E-state index is 0.107. The van der Waals surface area contributed by atoms with Crippen molar-refractivity contribution in [3.63, 3.8) is 0 Å². The molecule has 2 aromatic heterocycles. The highest BCUT2D eigenvalue weighted by Gasteiger charge is 2.07. The second-order valence-corrected chi connectivity index (χ2v) is 4.49. The van der Waals surface area contributed by atoms with E-state index in [4.69, 9.17) is 4.52 Å². The predicted molar refractivity (Wildman–Crippen MR) is 70.1 cm³/mol. The molecule has 0 amide bonds. The van der Waals surface area contributed by atoms with Crippen LogP contribution in [-0.4, -0.2) is 26.2 Å². The first-order valence-corrected chi connectivity index (χ1v) is 6.18. The van der Waals surface area contributed by atoms with Crippen LogP contribution >= 0.6 is 0 Å². The van der Waals surface area contributed by atoms with E-state index in [0.717, 1.165) is 0 Å². The molecule has 0 saturated carbocycles. The Labute approximate surface area is 110 Å². The summed E-state index contributed by atoms with van der Waals surface area (Å²) in [4.78, 5) is 20.2. The van der Waals surface area contributed by atoms with E-state index in [1.807, 2.05) is 13.8 Å². The number of hydrogen-bond acceptors (Lipinski definition) is 6. The third-order valence-corrected chi connectivity index (χ3v) is 2.64. The summed E-state index contributed by atoms with van der Waals surface area (Å²) in [7, 11) is 0. The molecule has 0 radical (unpaired) electrons. The van der Waals surface area contributed by atoms with Crippen LogP contribution < -0.4 is 10.9 Å². The molecule has 2 aromatic rings. The number of nitrogens with one attached hydrogen (secondary N) is 1. The van der Waals surface area contributed by atoms with Crippen molar-refractivity contribution in [3.8, 4) is 0 Å². The summed E-state index contributed by atoms with van der Waals surface area (Å²) in [5.74, 6) is 1.50. The molecule has 7 nitrogen and oxygen atoms in total. The molecule has 0 saturated heterocycles. The Hall–Kier alpha value is -2.18. The fourth-order valence-electron chi connectivity index (χ4n) is 1.69. The number of aryl methyl sites for hydroxylation is 1. The topological polar surface area (TPSA) is 85.8 Å². The summed E-state index contributed by atoms with van der Waals surface area (Å²) in [6, 6.07) is 0.107. The van der Waals surface area contributed by atoms with Crippen LogP contribution in [0.4, 0.5) is 5.82 Å². The second kappa shape index (κ2) is 5.64. The quantitative estimate of drug-likeness (QED) is 0.871. The Bertz CT molecular complexity index is 602. The van der Waals surface area contributed by atoms with E-state index in [-0.39, 0.29) is 11.6 Å². The van der Waals surface area contributed by atoms with Gasteiger partial charge in [-0.25, -0.2) is 4.98 Å². The van der Waals surface area contributed by atoms with Crippen molar-refractivity contribution in [1.29, 1.82) is 0 Å². The van der Waals surface area contributed by atoms with E-state index in [9.17, 15) is 4.79 Å². The Morgan fingerprint density at radius 1 is 1.47 bits per heavy atom. The van der Waals surface area contributed by atoms with E-state index in [0.29, 0.717) is 30.5 Å². The fraction of sp³-hybridized carbons (Fsp3) is 0.500. The van der Waals surface area contributed by atoms with Crippen molar-refractivity contribution < 1.29 is 4.52 Å². The molecule has 0 bridgehead atoms. The van der Waals surface area contributed by atoms with Crippen molar-refractivity contribution >= 4 is 5.82 Å². The van der Waals surface area contributed by atoms with Crippen molar-refractivity contribution in [1.82, 2.24) is 19.7 Å². The average Bonchev–Trinajstić information content (AvgIpc) is 2.77. The lowest BCUT2D eigenvalue weighted by Crippen LogP contribution is -2.26. The third-order valence-electron chi connectivity index (χ3n) is 2.64. The van der Waals surface area contributed by atoms with Gasteiger partial charge >= 0.3 is 0 Å². The molecule has 0 aliphatic carbocycles. The third kappa shape index (κ3) is 3.18. The maximum absolute atomic E-state index is 12.0. The molecule has 2 heterocycles. The van der Waals surface area contributed by atoms with Crippen LogP contribution in [0.25, 0.3) is 0 Å². The van der Waals surface area contributed by atoms with Gasteiger partial charge in [-0.05, 0) is 13.8 Å². The molecule has 1 N–H and O–H groups in total. The van der Waals surface area contributed by atoms with Crippen molar-refractivity contribution in [2.45, 2.75) is 33.2 Å². The first-order valence-electron chi connectivity index (χ1n) is 6.18. The minimum Gasteiger partial charge on any atom is -0.365 e. The molecular formula is C12H17N5O2. The molecule has 0 atom stereocenters. The van der Waals surface area contributed by atoms with Gasteiger partial charge in [-0.3, -0.25) is 4.79 Å². The summed E-state index contributed by atoms with van der Waals surface area (Å²) in [5.41, 5.74) is -0.123.